The lowest BCUT2D eigenvalue weighted by atomic mass is 9.84. The fourth-order valence-corrected chi connectivity index (χ4v) is 5.11. The van der Waals surface area contributed by atoms with Crippen LogP contribution < -0.4 is 9.64 Å². The van der Waals surface area contributed by atoms with Crippen molar-refractivity contribution in [2.45, 2.75) is 64.5 Å². The molecule has 0 bridgehead atoms. The fourth-order valence-electron chi connectivity index (χ4n) is 5.11. The molecule has 0 N–H and O–H groups in total. The molecule has 0 spiro atoms. The Hall–Kier alpha value is -2.96. The van der Waals surface area contributed by atoms with Gasteiger partial charge >= 0.3 is 0 Å². The Morgan fingerprint density at radius 1 is 1.12 bits per heavy atom. The number of methoxy groups -OCH3 is 1. The molecular weight excluding hydrogens is 404 g/mol. The van der Waals surface area contributed by atoms with Crippen molar-refractivity contribution in [3.8, 4) is 5.75 Å². The van der Waals surface area contributed by atoms with E-state index in [1.165, 1.54) is 0 Å². The van der Waals surface area contributed by atoms with Gasteiger partial charge in [-0.2, -0.15) is 0 Å². The summed E-state index contributed by atoms with van der Waals surface area (Å²) in [6, 6.07) is 7.66. The smallest absolute Gasteiger partial charge is 0.228 e. The zero-order valence-electron chi connectivity index (χ0n) is 18.8. The van der Waals surface area contributed by atoms with Crippen molar-refractivity contribution in [3.63, 3.8) is 0 Å². The molecule has 2 fully saturated rings. The topological polar surface area (TPSA) is 75.6 Å². The monoisotopic (exact) mass is 434 g/mol. The van der Waals surface area contributed by atoms with Gasteiger partial charge in [-0.15, -0.1) is 0 Å². The first-order chi connectivity index (χ1) is 15.6. The van der Waals surface area contributed by atoms with Crippen LogP contribution in [-0.2, 0) is 22.6 Å². The number of carbonyl (C=O) groups excluding carboxylic acids is 2. The number of hydrogen-bond acceptors (Lipinski definition) is 5. The second kappa shape index (κ2) is 8.52. The zero-order chi connectivity index (χ0) is 22.2. The summed E-state index contributed by atoms with van der Waals surface area (Å²) >= 11 is 0. The molecule has 1 saturated carbocycles. The van der Waals surface area contributed by atoms with Crippen molar-refractivity contribution in [2.24, 2.45) is 5.92 Å². The van der Waals surface area contributed by atoms with Gasteiger partial charge in [0.1, 0.15) is 11.6 Å². The Balaban J connectivity index is 1.49. The van der Waals surface area contributed by atoms with Crippen LogP contribution in [-0.4, -0.2) is 40.3 Å². The van der Waals surface area contributed by atoms with E-state index >= 15 is 0 Å². The van der Waals surface area contributed by atoms with Crippen LogP contribution in [0.1, 0.15) is 67.2 Å². The lowest BCUT2D eigenvalue weighted by Gasteiger charge is -2.34. The van der Waals surface area contributed by atoms with E-state index in [2.05, 4.69) is 0 Å². The van der Waals surface area contributed by atoms with Gasteiger partial charge in [-0.05, 0) is 45.1 Å². The lowest BCUT2D eigenvalue weighted by molar-refractivity contribution is -0.139. The molecule has 32 heavy (non-hydrogen) atoms. The molecule has 2 amide bonds. The number of para-hydroxylation sites is 1. The van der Waals surface area contributed by atoms with Gasteiger partial charge in [0.2, 0.25) is 11.8 Å². The van der Waals surface area contributed by atoms with E-state index in [4.69, 9.17) is 14.7 Å². The third kappa shape index (κ3) is 3.63. The molecule has 0 unspecified atom stereocenters. The van der Waals surface area contributed by atoms with Crippen molar-refractivity contribution in [3.05, 3.63) is 46.9 Å². The number of carbonyl (C=O) groups is 2. The lowest BCUT2D eigenvalue weighted by Crippen LogP contribution is -2.40. The largest absolute Gasteiger partial charge is 0.496 e. The highest BCUT2D eigenvalue weighted by atomic mass is 16.5. The molecule has 168 valence electrons. The first-order valence-electron chi connectivity index (χ1n) is 11.7. The maximum Gasteiger partial charge on any atom is 0.228 e. The zero-order valence-corrected chi connectivity index (χ0v) is 18.8. The van der Waals surface area contributed by atoms with Gasteiger partial charge in [-0.1, -0.05) is 24.6 Å². The minimum atomic E-state index is -0.0998. The predicted octanol–water partition coefficient (Wildman–Crippen LogP) is 3.74. The minimum absolute atomic E-state index is 0.0567. The van der Waals surface area contributed by atoms with Crippen LogP contribution in [0.3, 0.4) is 0 Å². The van der Waals surface area contributed by atoms with Crippen molar-refractivity contribution >= 4 is 17.6 Å². The normalized spacial score (nSPS) is 20.8. The molecule has 1 atom stereocenters. The predicted molar refractivity (Wildman–Crippen MR) is 120 cm³/mol. The van der Waals surface area contributed by atoms with Crippen molar-refractivity contribution in [1.29, 1.82) is 0 Å². The van der Waals surface area contributed by atoms with Crippen LogP contribution in [0.4, 0.5) is 5.82 Å². The van der Waals surface area contributed by atoms with Crippen LogP contribution in [0.25, 0.3) is 0 Å². The first kappa shape index (κ1) is 20.9. The van der Waals surface area contributed by atoms with Crippen LogP contribution in [0.15, 0.2) is 24.3 Å². The fraction of sp³-hybridized carbons (Fsp3) is 0.520. The average Bonchev–Trinajstić information content (AvgIpc) is 3.25. The third-order valence-corrected chi connectivity index (χ3v) is 7.16. The minimum Gasteiger partial charge on any atom is -0.496 e. The van der Waals surface area contributed by atoms with Gasteiger partial charge in [0.05, 0.1) is 19.7 Å². The number of aryl methyl sites for hydroxylation is 1. The molecule has 5 rings (SSSR count). The average molecular weight is 435 g/mol. The van der Waals surface area contributed by atoms with Crippen LogP contribution in [0, 0.1) is 12.8 Å². The standard InChI is InChI=1S/C25H30N4O3/c1-16-19-12-13-22(30)29(15-18-7-3-4-11-21(18)32-2)24(19)27-23(26-16)20-10-6-14-28(20)25(31)17-8-5-9-17/h3-4,7,11,17,20H,5-6,8-10,12-15H2,1-2H3/t20-/m0/s1. The molecule has 2 aliphatic heterocycles. The molecule has 3 aliphatic rings. The molecule has 2 aromatic rings. The van der Waals surface area contributed by atoms with E-state index in [1.54, 1.807) is 12.0 Å². The van der Waals surface area contributed by atoms with Crippen molar-refractivity contribution in [1.82, 2.24) is 14.9 Å². The number of likely N-dealkylation sites (tertiary alicyclic amines) is 1. The van der Waals surface area contributed by atoms with E-state index in [1.807, 2.05) is 36.1 Å². The van der Waals surface area contributed by atoms with Gasteiger partial charge in [-0.3, -0.25) is 14.5 Å². The molecule has 3 heterocycles. The van der Waals surface area contributed by atoms with Crippen molar-refractivity contribution in [2.75, 3.05) is 18.6 Å². The van der Waals surface area contributed by atoms with Gasteiger partial charge in [0.25, 0.3) is 0 Å². The SMILES string of the molecule is COc1ccccc1CN1C(=O)CCc2c(C)nc([C@@H]3CCCN3C(=O)C3CCC3)nc21. The van der Waals surface area contributed by atoms with Crippen LogP contribution in [0.2, 0.25) is 0 Å². The summed E-state index contributed by atoms with van der Waals surface area (Å²) in [7, 11) is 1.64. The summed E-state index contributed by atoms with van der Waals surface area (Å²) in [6.45, 7) is 3.17. The summed E-state index contributed by atoms with van der Waals surface area (Å²) < 4.78 is 5.50. The Labute approximate surface area is 188 Å². The highest BCUT2D eigenvalue weighted by Gasteiger charge is 2.38. The van der Waals surface area contributed by atoms with Crippen LogP contribution >= 0.6 is 0 Å². The molecule has 1 aromatic heterocycles. The Morgan fingerprint density at radius 2 is 1.94 bits per heavy atom. The second-order valence-corrected chi connectivity index (χ2v) is 9.08. The third-order valence-electron chi connectivity index (χ3n) is 7.16. The maximum absolute atomic E-state index is 13.0. The second-order valence-electron chi connectivity index (χ2n) is 9.08. The highest BCUT2D eigenvalue weighted by Crippen LogP contribution is 2.38. The summed E-state index contributed by atoms with van der Waals surface area (Å²) in [6.07, 6.45) is 6.06. The van der Waals surface area contributed by atoms with Crippen molar-refractivity contribution < 1.29 is 14.3 Å². The summed E-state index contributed by atoms with van der Waals surface area (Å²) in [4.78, 5) is 39.5. The number of amides is 2. The summed E-state index contributed by atoms with van der Waals surface area (Å²) in [5.74, 6) is 2.59. The number of hydrogen-bond donors (Lipinski definition) is 0. The number of aromatic nitrogens is 2. The maximum atomic E-state index is 13.0. The molecule has 1 aliphatic carbocycles. The first-order valence-corrected chi connectivity index (χ1v) is 11.7. The van der Waals surface area contributed by atoms with E-state index < -0.39 is 0 Å². The number of anilines is 1. The van der Waals surface area contributed by atoms with E-state index in [0.717, 1.165) is 61.2 Å². The Bertz CT molecular complexity index is 1050. The van der Waals surface area contributed by atoms with E-state index in [0.29, 0.717) is 31.0 Å². The summed E-state index contributed by atoms with van der Waals surface area (Å²) in [5, 5.41) is 0. The Morgan fingerprint density at radius 3 is 2.69 bits per heavy atom. The number of nitrogens with zero attached hydrogens (tertiary/aromatic N) is 4. The van der Waals surface area contributed by atoms with Gasteiger partial charge in [0, 0.05) is 35.7 Å². The van der Waals surface area contributed by atoms with E-state index in [-0.39, 0.29) is 23.8 Å². The molecule has 0 radical (unpaired) electrons. The molecule has 1 saturated heterocycles. The highest BCUT2D eigenvalue weighted by molar-refractivity contribution is 5.95. The molecule has 7 heteroatoms. The van der Waals surface area contributed by atoms with Gasteiger partial charge in [0.15, 0.2) is 5.82 Å². The number of ether oxygens (including phenoxy) is 1. The summed E-state index contributed by atoms with van der Waals surface area (Å²) in [5.41, 5.74) is 2.88. The quantitative estimate of drug-likeness (QED) is 0.717. The van der Waals surface area contributed by atoms with Crippen LogP contribution in [0.5, 0.6) is 5.75 Å². The molecular formula is C25H30N4O3. The van der Waals surface area contributed by atoms with Gasteiger partial charge < -0.3 is 9.64 Å². The van der Waals surface area contributed by atoms with Gasteiger partial charge in [-0.25, -0.2) is 9.97 Å². The molecule has 7 nitrogen and oxygen atoms in total. The number of benzene rings is 1. The number of fused-ring (bicyclic) bond motifs is 1. The molecule has 1 aromatic carbocycles. The van der Waals surface area contributed by atoms with E-state index in [9.17, 15) is 9.59 Å². The number of rotatable bonds is 5. The Kier molecular flexibility index (Phi) is 5.57.